The van der Waals surface area contributed by atoms with Gasteiger partial charge in [0.25, 0.3) is 0 Å². The summed E-state index contributed by atoms with van der Waals surface area (Å²) in [6.07, 6.45) is 0.981. The molecule has 0 saturated carbocycles. The number of hydrogen-bond acceptors (Lipinski definition) is 3. The molecule has 3 nitrogen and oxygen atoms in total. The fourth-order valence-electron chi connectivity index (χ4n) is 2.26. The minimum Gasteiger partial charge on any atom is -0.490 e. The van der Waals surface area contributed by atoms with Gasteiger partial charge in [0.05, 0.1) is 13.2 Å². The first-order valence-electron chi connectivity index (χ1n) is 7.34. The van der Waals surface area contributed by atoms with Crippen LogP contribution in [0.4, 0.5) is 0 Å². The van der Waals surface area contributed by atoms with Gasteiger partial charge in [-0.05, 0) is 50.3 Å². The van der Waals surface area contributed by atoms with E-state index in [4.69, 9.17) is 26.8 Å². The van der Waals surface area contributed by atoms with Crippen molar-refractivity contribution >= 4 is 11.6 Å². The average molecular weight is 300 g/mol. The molecule has 0 radical (unpaired) electrons. The second-order valence-corrected chi connectivity index (χ2v) is 5.44. The third-order valence-electron chi connectivity index (χ3n) is 3.63. The Balaban J connectivity index is 3.10. The van der Waals surface area contributed by atoms with Crippen molar-refractivity contribution in [3.63, 3.8) is 0 Å². The average Bonchev–Trinajstić information content (AvgIpc) is 2.41. The highest BCUT2D eigenvalue weighted by atomic mass is 35.5. The lowest BCUT2D eigenvalue weighted by Gasteiger charge is -2.22. The normalized spacial score (nSPS) is 13.9. The van der Waals surface area contributed by atoms with Crippen LogP contribution in [-0.2, 0) is 0 Å². The molecule has 0 aliphatic heterocycles. The predicted molar refractivity (Wildman–Crippen MR) is 85.0 cm³/mol. The second kappa shape index (κ2) is 8.38. The van der Waals surface area contributed by atoms with Crippen LogP contribution in [0.5, 0.6) is 11.5 Å². The van der Waals surface area contributed by atoms with Gasteiger partial charge in [-0.1, -0.05) is 25.4 Å². The van der Waals surface area contributed by atoms with E-state index in [0.29, 0.717) is 37.3 Å². The maximum Gasteiger partial charge on any atom is 0.162 e. The molecule has 1 aromatic carbocycles. The van der Waals surface area contributed by atoms with Crippen LogP contribution in [0.3, 0.4) is 0 Å². The Morgan fingerprint density at radius 1 is 1.10 bits per heavy atom. The maximum atomic E-state index is 6.41. The van der Waals surface area contributed by atoms with Crippen LogP contribution in [0, 0.1) is 5.92 Å². The summed E-state index contributed by atoms with van der Waals surface area (Å²) in [5, 5.41) is 0.730. The summed E-state index contributed by atoms with van der Waals surface area (Å²) in [5.74, 6) is 2.29. The van der Waals surface area contributed by atoms with Crippen LogP contribution in [0.25, 0.3) is 0 Å². The molecule has 2 atom stereocenters. The smallest absolute Gasteiger partial charge is 0.162 e. The van der Waals surface area contributed by atoms with Gasteiger partial charge in [-0.3, -0.25) is 0 Å². The van der Waals surface area contributed by atoms with Gasteiger partial charge in [-0.15, -0.1) is 0 Å². The van der Waals surface area contributed by atoms with E-state index < -0.39 is 0 Å². The fraction of sp³-hybridized carbons (Fsp3) is 0.625. The lowest BCUT2D eigenvalue weighted by Crippen LogP contribution is -2.12. The fourth-order valence-corrected chi connectivity index (χ4v) is 2.58. The summed E-state index contributed by atoms with van der Waals surface area (Å²) in [4.78, 5) is 0. The Morgan fingerprint density at radius 3 is 2.15 bits per heavy atom. The predicted octanol–water partition coefficient (Wildman–Crippen LogP) is 4.23. The summed E-state index contributed by atoms with van der Waals surface area (Å²) < 4.78 is 11.3. The molecule has 0 aliphatic rings. The molecule has 0 aliphatic carbocycles. The standard InChI is InChI=1S/C16H26ClNO2/c1-5-19-15-9-13(12(4)11(3)7-8-18)14(17)10-16(15)20-6-2/h9-12H,5-8,18H2,1-4H3. The highest BCUT2D eigenvalue weighted by Crippen LogP contribution is 2.39. The van der Waals surface area contributed by atoms with Gasteiger partial charge in [0.1, 0.15) is 0 Å². The molecule has 2 unspecified atom stereocenters. The molecule has 4 heteroatoms. The van der Waals surface area contributed by atoms with Crippen molar-refractivity contribution in [3.05, 3.63) is 22.7 Å². The van der Waals surface area contributed by atoms with E-state index in [0.717, 1.165) is 22.8 Å². The minimum absolute atomic E-state index is 0.334. The van der Waals surface area contributed by atoms with E-state index in [-0.39, 0.29) is 0 Å². The summed E-state index contributed by atoms with van der Waals surface area (Å²) in [5.41, 5.74) is 6.74. The molecular weight excluding hydrogens is 274 g/mol. The number of halogens is 1. The van der Waals surface area contributed by atoms with E-state index in [1.165, 1.54) is 0 Å². The van der Waals surface area contributed by atoms with Gasteiger partial charge in [0.15, 0.2) is 11.5 Å². The van der Waals surface area contributed by atoms with Crippen molar-refractivity contribution in [1.82, 2.24) is 0 Å². The monoisotopic (exact) mass is 299 g/mol. The lowest BCUT2D eigenvalue weighted by atomic mass is 9.86. The topological polar surface area (TPSA) is 44.5 Å². The van der Waals surface area contributed by atoms with Gasteiger partial charge in [0.2, 0.25) is 0 Å². The summed E-state index contributed by atoms with van der Waals surface area (Å²) in [6.45, 7) is 10.2. The molecular formula is C16H26ClNO2. The van der Waals surface area contributed by atoms with Crippen molar-refractivity contribution in [1.29, 1.82) is 0 Å². The molecule has 0 saturated heterocycles. The van der Waals surface area contributed by atoms with Crippen LogP contribution >= 0.6 is 11.6 Å². The van der Waals surface area contributed by atoms with Gasteiger partial charge in [-0.25, -0.2) is 0 Å². The van der Waals surface area contributed by atoms with Crippen molar-refractivity contribution in [3.8, 4) is 11.5 Å². The van der Waals surface area contributed by atoms with E-state index in [1.807, 2.05) is 26.0 Å². The Bertz CT molecular complexity index is 423. The molecule has 0 fully saturated rings. The summed E-state index contributed by atoms with van der Waals surface area (Å²) >= 11 is 6.41. The maximum absolute atomic E-state index is 6.41. The Kier molecular flexibility index (Phi) is 7.17. The number of nitrogens with two attached hydrogens (primary N) is 1. The van der Waals surface area contributed by atoms with Crippen molar-refractivity contribution in [2.24, 2.45) is 11.7 Å². The number of benzene rings is 1. The van der Waals surface area contributed by atoms with E-state index in [9.17, 15) is 0 Å². The molecule has 1 aromatic rings. The molecule has 0 spiro atoms. The molecule has 2 N–H and O–H groups in total. The van der Waals surface area contributed by atoms with Crippen LogP contribution in [0.1, 0.15) is 45.6 Å². The first-order chi connectivity index (χ1) is 9.54. The number of ether oxygens (including phenoxy) is 2. The van der Waals surface area contributed by atoms with Crippen LogP contribution < -0.4 is 15.2 Å². The highest BCUT2D eigenvalue weighted by Gasteiger charge is 2.19. The molecule has 0 bridgehead atoms. The van der Waals surface area contributed by atoms with Crippen LogP contribution in [-0.4, -0.2) is 19.8 Å². The zero-order valence-electron chi connectivity index (χ0n) is 12.9. The zero-order chi connectivity index (χ0) is 15.1. The molecule has 114 valence electrons. The van der Waals surface area contributed by atoms with Crippen LogP contribution in [0.2, 0.25) is 5.02 Å². The van der Waals surface area contributed by atoms with E-state index in [2.05, 4.69) is 13.8 Å². The van der Waals surface area contributed by atoms with E-state index >= 15 is 0 Å². The van der Waals surface area contributed by atoms with Gasteiger partial charge < -0.3 is 15.2 Å². The third-order valence-corrected chi connectivity index (χ3v) is 3.96. The SMILES string of the molecule is CCOc1cc(Cl)c(C(C)C(C)CCN)cc1OCC. The molecule has 0 amide bonds. The molecule has 0 heterocycles. The molecule has 20 heavy (non-hydrogen) atoms. The van der Waals surface area contributed by atoms with Crippen LogP contribution in [0.15, 0.2) is 12.1 Å². The third kappa shape index (κ3) is 4.29. The first kappa shape index (κ1) is 17.1. The van der Waals surface area contributed by atoms with Gasteiger partial charge in [-0.2, -0.15) is 0 Å². The molecule has 0 aromatic heterocycles. The van der Waals surface area contributed by atoms with Crippen molar-refractivity contribution < 1.29 is 9.47 Å². The summed E-state index contributed by atoms with van der Waals surface area (Å²) in [6, 6.07) is 3.87. The summed E-state index contributed by atoms with van der Waals surface area (Å²) in [7, 11) is 0. The quantitative estimate of drug-likeness (QED) is 0.781. The highest BCUT2D eigenvalue weighted by molar-refractivity contribution is 6.31. The number of rotatable bonds is 8. The Hall–Kier alpha value is -0.930. The Morgan fingerprint density at radius 2 is 1.65 bits per heavy atom. The van der Waals surface area contributed by atoms with Crippen molar-refractivity contribution in [2.45, 2.75) is 40.0 Å². The lowest BCUT2D eigenvalue weighted by molar-refractivity contribution is 0.287. The zero-order valence-corrected chi connectivity index (χ0v) is 13.7. The van der Waals surface area contributed by atoms with Gasteiger partial charge in [0, 0.05) is 11.1 Å². The largest absolute Gasteiger partial charge is 0.490 e. The first-order valence-corrected chi connectivity index (χ1v) is 7.71. The second-order valence-electron chi connectivity index (χ2n) is 5.03. The Labute approximate surface area is 127 Å². The van der Waals surface area contributed by atoms with Gasteiger partial charge >= 0.3 is 0 Å². The number of hydrogen-bond donors (Lipinski definition) is 1. The minimum atomic E-state index is 0.334. The molecule has 1 rings (SSSR count). The van der Waals surface area contributed by atoms with E-state index in [1.54, 1.807) is 0 Å². The van der Waals surface area contributed by atoms with Crippen molar-refractivity contribution in [2.75, 3.05) is 19.8 Å².